The Hall–Kier alpha value is -2.25. The van der Waals surface area contributed by atoms with E-state index in [1.807, 2.05) is 23.1 Å². The Morgan fingerprint density at radius 2 is 1.89 bits per heavy atom. The normalized spacial score (nSPS) is 30.5. The van der Waals surface area contributed by atoms with Crippen LogP contribution in [0.15, 0.2) is 30.5 Å². The summed E-state index contributed by atoms with van der Waals surface area (Å²) in [6, 6.07) is 7.70. The molecule has 7 heteroatoms. The second-order valence-corrected chi connectivity index (χ2v) is 8.46. The number of likely N-dealkylation sites (tertiary alicyclic amines) is 2. The number of carbonyl (C=O) groups is 1. The molecule has 1 amide bonds. The molecular weight excluding hydrogens is 354 g/mol. The first-order valence-electron chi connectivity index (χ1n) is 10.4. The molecule has 0 aromatic carbocycles. The second-order valence-electron chi connectivity index (χ2n) is 8.46. The number of aliphatic hydroxyl groups is 1. The van der Waals surface area contributed by atoms with Crippen LogP contribution in [0.3, 0.4) is 0 Å². The van der Waals surface area contributed by atoms with Gasteiger partial charge in [-0.25, -0.2) is 0 Å². The van der Waals surface area contributed by atoms with E-state index in [-0.39, 0.29) is 18.1 Å². The van der Waals surface area contributed by atoms with E-state index in [1.165, 1.54) is 12.8 Å². The molecule has 2 aromatic heterocycles. The Kier molecular flexibility index (Phi) is 4.64. The number of H-pyrrole nitrogens is 1. The predicted octanol–water partition coefficient (Wildman–Crippen LogP) is 1.78. The van der Waals surface area contributed by atoms with Crippen molar-refractivity contribution in [2.45, 2.75) is 37.8 Å². The number of carbonyl (C=O) groups excluding carboxylic acids is 1. The highest BCUT2D eigenvalue weighted by Gasteiger charge is 2.45. The van der Waals surface area contributed by atoms with Crippen LogP contribution in [0.1, 0.15) is 36.2 Å². The van der Waals surface area contributed by atoms with Gasteiger partial charge in [-0.3, -0.25) is 19.8 Å². The van der Waals surface area contributed by atoms with E-state index in [1.54, 1.807) is 12.3 Å². The first kappa shape index (κ1) is 17.8. The average Bonchev–Trinajstić information content (AvgIpc) is 3.47. The number of nitrogens with zero attached hydrogens (tertiary/aromatic N) is 4. The molecule has 4 atom stereocenters. The van der Waals surface area contributed by atoms with E-state index in [4.69, 9.17) is 0 Å². The lowest BCUT2D eigenvalue weighted by atomic mass is 9.77. The van der Waals surface area contributed by atoms with Crippen LogP contribution in [-0.2, 0) is 0 Å². The summed E-state index contributed by atoms with van der Waals surface area (Å²) in [5.74, 6) is 0.878. The summed E-state index contributed by atoms with van der Waals surface area (Å²) in [6.07, 6.45) is 5.73. The van der Waals surface area contributed by atoms with Gasteiger partial charge in [-0.1, -0.05) is 6.07 Å². The van der Waals surface area contributed by atoms with Gasteiger partial charge in [0.05, 0.1) is 11.8 Å². The Labute approximate surface area is 164 Å². The maximum atomic E-state index is 13.0. The molecule has 1 saturated carbocycles. The molecule has 3 aliphatic rings. The SMILES string of the molecule is O=C(c1cc(-c2ccccn2)n[nH]1)N1C[C@H]2C[C@@H](N3CCCC3)[C@H](O)C[C@H]2C1. The van der Waals surface area contributed by atoms with Crippen LogP contribution in [0.4, 0.5) is 0 Å². The van der Waals surface area contributed by atoms with Crippen LogP contribution >= 0.6 is 0 Å². The summed E-state index contributed by atoms with van der Waals surface area (Å²) in [4.78, 5) is 21.7. The van der Waals surface area contributed by atoms with Crippen molar-refractivity contribution in [3.05, 3.63) is 36.2 Å². The van der Waals surface area contributed by atoms with Gasteiger partial charge in [0.1, 0.15) is 11.4 Å². The van der Waals surface area contributed by atoms with Gasteiger partial charge in [0, 0.05) is 25.3 Å². The Balaban J connectivity index is 1.27. The van der Waals surface area contributed by atoms with Gasteiger partial charge in [0.2, 0.25) is 0 Å². The van der Waals surface area contributed by atoms with Gasteiger partial charge in [-0.15, -0.1) is 0 Å². The largest absolute Gasteiger partial charge is 0.391 e. The van der Waals surface area contributed by atoms with E-state index < -0.39 is 0 Å². The molecule has 0 radical (unpaired) electrons. The highest BCUT2D eigenvalue weighted by Crippen LogP contribution is 2.39. The summed E-state index contributed by atoms with van der Waals surface area (Å²) in [5.41, 5.74) is 1.95. The molecule has 2 saturated heterocycles. The summed E-state index contributed by atoms with van der Waals surface area (Å²) in [6.45, 7) is 3.71. The summed E-state index contributed by atoms with van der Waals surface area (Å²) in [7, 11) is 0. The van der Waals surface area contributed by atoms with E-state index in [0.717, 1.165) is 44.7 Å². The first-order valence-corrected chi connectivity index (χ1v) is 10.4. The van der Waals surface area contributed by atoms with Crippen LogP contribution in [0.25, 0.3) is 11.4 Å². The van der Waals surface area contributed by atoms with Crippen LogP contribution in [0.2, 0.25) is 0 Å². The van der Waals surface area contributed by atoms with Crippen LogP contribution in [-0.4, -0.2) is 74.3 Å². The fourth-order valence-corrected chi connectivity index (χ4v) is 5.29. The maximum absolute atomic E-state index is 13.0. The molecule has 5 rings (SSSR count). The number of nitrogens with one attached hydrogen (secondary N) is 1. The number of aromatic nitrogens is 3. The minimum atomic E-state index is -0.266. The molecule has 0 bridgehead atoms. The van der Waals surface area contributed by atoms with Gasteiger partial charge in [-0.2, -0.15) is 5.10 Å². The molecule has 28 heavy (non-hydrogen) atoms. The molecule has 2 aliphatic heterocycles. The molecule has 1 aliphatic carbocycles. The fourth-order valence-electron chi connectivity index (χ4n) is 5.29. The molecule has 2 N–H and O–H groups in total. The van der Waals surface area contributed by atoms with Gasteiger partial charge >= 0.3 is 0 Å². The van der Waals surface area contributed by atoms with Crippen molar-refractivity contribution in [3.63, 3.8) is 0 Å². The summed E-state index contributed by atoms with van der Waals surface area (Å²) < 4.78 is 0. The smallest absolute Gasteiger partial charge is 0.271 e. The zero-order valence-electron chi connectivity index (χ0n) is 16.0. The third-order valence-electron chi connectivity index (χ3n) is 6.74. The standard InChI is InChI=1S/C21H27N5O2/c27-20-10-15-13-26(12-14(15)9-19(20)25-7-3-4-8-25)21(28)18-11-17(23-24-18)16-5-1-2-6-22-16/h1-2,5-6,11,14-15,19-20,27H,3-4,7-10,12-13H2,(H,23,24)/t14-,15+,19-,20-/m1/s1. The highest BCUT2D eigenvalue weighted by molar-refractivity contribution is 5.93. The van der Waals surface area contributed by atoms with Gasteiger partial charge in [0.25, 0.3) is 5.91 Å². The van der Waals surface area contributed by atoms with Gasteiger partial charge in [0.15, 0.2) is 0 Å². The zero-order chi connectivity index (χ0) is 19.1. The first-order chi connectivity index (χ1) is 13.7. The number of fused-ring (bicyclic) bond motifs is 1. The Morgan fingerprint density at radius 3 is 2.64 bits per heavy atom. The minimum absolute atomic E-state index is 0.00343. The van der Waals surface area contributed by atoms with Crippen molar-refractivity contribution < 1.29 is 9.90 Å². The second kappa shape index (κ2) is 7.29. The van der Waals surface area contributed by atoms with E-state index in [9.17, 15) is 9.90 Å². The van der Waals surface area contributed by atoms with Crippen molar-refractivity contribution in [1.29, 1.82) is 0 Å². The molecule has 148 valence electrons. The molecule has 2 aromatic rings. The lowest BCUT2D eigenvalue weighted by Gasteiger charge is -2.40. The monoisotopic (exact) mass is 381 g/mol. The van der Waals surface area contributed by atoms with Crippen molar-refractivity contribution in [3.8, 4) is 11.4 Å². The number of pyridine rings is 1. The maximum Gasteiger partial charge on any atom is 0.271 e. The summed E-state index contributed by atoms with van der Waals surface area (Å²) >= 11 is 0. The third kappa shape index (κ3) is 3.22. The molecule has 0 unspecified atom stereocenters. The quantitative estimate of drug-likeness (QED) is 0.847. The average molecular weight is 381 g/mol. The topological polar surface area (TPSA) is 85.4 Å². The van der Waals surface area contributed by atoms with Crippen LogP contribution in [0, 0.1) is 11.8 Å². The highest BCUT2D eigenvalue weighted by atomic mass is 16.3. The van der Waals surface area contributed by atoms with E-state index in [0.29, 0.717) is 23.2 Å². The lowest BCUT2D eigenvalue weighted by Crippen LogP contribution is -2.48. The number of aromatic amines is 1. The van der Waals surface area contributed by atoms with Crippen LogP contribution < -0.4 is 0 Å². The molecule has 3 fully saturated rings. The number of hydrogen-bond donors (Lipinski definition) is 2. The Bertz CT molecular complexity index is 832. The third-order valence-corrected chi connectivity index (χ3v) is 6.74. The minimum Gasteiger partial charge on any atom is -0.391 e. The van der Waals surface area contributed by atoms with Crippen molar-refractivity contribution >= 4 is 5.91 Å². The van der Waals surface area contributed by atoms with Gasteiger partial charge < -0.3 is 10.0 Å². The number of hydrogen-bond acceptors (Lipinski definition) is 5. The molecular formula is C21H27N5O2. The van der Waals surface area contributed by atoms with Crippen LogP contribution in [0.5, 0.6) is 0 Å². The van der Waals surface area contributed by atoms with Crippen molar-refractivity contribution in [2.75, 3.05) is 26.2 Å². The Morgan fingerprint density at radius 1 is 1.11 bits per heavy atom. The predicted molar refractivity (Wildman–Crippen MR) is 105 cm³/mol. The van der Waals surface area contributed by atoms with Gasteiger partial charge in [-0.05, 0) is 68.8 Å². The molecule has 0 spiro atoms. The fraction of sp³-hybridized carbons (Fsp3) is 0.571. The van der Waals surface area contributed by atoms with Crippen molar-refractivity contribution in [1.82, 2.24) is 25.0 Å². The number of aliphatic hydroxyl groups excluding tert-OH is 1. The van der Waals surface area contributed by atoms with Crippen molar-refractivity contribution in [2.24, 2.45) is 11.8 Å². The number of rotatable bonds is 3. The molecule has 4 heterocycles. The van der Waals surface area contributed by atoms with E-state index >= 15 is 0 Å². The molecule has 7 nitrogen and oxygen atoms in total. The number of amides is 1. The summed E-state index contributed by atoms with van der Waals surface area (Å²) in [5, 5.41) is 17.8. The van der Waals surface area contributed by atoms with E-state index in [2.05, 4.69) is 20.1 Å². The zero-order valence-corrected chi connectivity index (χ0v) is 16.0. The lowest BCUT2D eigenvalue weighted by molar-refractivity contribution is -0.000864.